The fraction of sp³-hybridized carbons (Fsp3) is 0.0556. The Balaban J connectivity index is 1.77. The number of halogens is 1. The van der Waals surface area contributed by atoms with Crippen molar-refractivity contribution in [1.82, 2.24) is 5.32 Å². The van der Waals surface area contributed by atoms with E-state index in [2.05, 4.69) is 15.0 Å². The Kier molecular flexibility index (Phi) is 4.95. The van der Waals surface area contributed by atoms with Gasteiger partial charge in [0.25, 0.3) is 5.91 Å². The number of esters is 1. The minimum atomic E-state index is -0.416. The maximum Gasteiger partial charge on any atom is 0.337 e. The average Bonchev–Trinajstić information content (AvgIpc) is 2.96. The second-order valence-electron chi connectivity index (χ2n) is 5.07. The van der Waals surface area contributed by atoms with E-state index in [1.54, 1.807) is 30.3 Å². The number of ether oxygens (including phenoxy) is 1. The van der Waals surface area contributed by atoms with Gasteiger partial charge in [-0.05, 0) is 59.8 Å². The van der Waals surface area contributed by atoms with E-state index >= 15 is 0 Å². The topological polar surface area (TPSA) is 67.8 Å². The summed E-state index contributed by atoms with van der Waals surface area (Å²) in [7, 11) is 1.32. The molecule has 0 aromatic heterocycles. The van der Waals surface area contributed by atoms with Gasteiger partial charge in [-0.15, -0.1) is 0 Å². The molecular formula is C18H13FN2O3S. The van der Waals surface area contributed by atoms with E-state index in [1.807, 2.05) is 0 Å². The van der Waals surface area contributed by atoms with Gasteiger partial charge >= 0.3 is 5.97 Å². The van der Waals surface area contributed by atoms with E-state index in [1.165, 1.54) is 43.1 Å². The maximum absolute atomic E-state index is 12.9. The number of methoxy groups -OCH3 is 1. The molecule has 1 amide bonds. The molecule has 7 heteroatoms. The largest absolute Gasteiger partial charge is 0.465 e. The normalized spacial score (nSPS) is 17.0. The van der Waals surface area contributed by atoms with E-state index < -0.39 is 5.97 Å². The quantitative estimate of drug-likeness (QED) is 0.675. The third kappa shape index (κ3) is 4.13. The first-order chi connectivity index (χ1) is 12.0. The SMILES string of the molecule is COC(=O)c1ccc(/C=C2\SC(=Nc3ccc(F)cc3)NC2=O)cc1. The third-order valence-corrected chi connectivity index (χ3v) is 4.25. The van der Waals surface area contributed by atoms with Crippen LogP contribution in [0.5, 0.6) is 0 Å². The molecule has 25 heavy (non-hydrogen) atoms. The molecule has 2 aromatic rings. The summed E-state index contributed by atoms with van der Waals surface area (Å²) >= 11 is 1.19. The lowest BCUT2D eigenvalue weighted by atomic mass is 10.1. The van der Waals surface area contributed by atoms with E-state index in [4.69, 9.17) is 0 Å². The number of rotatable bonds is 3. The second kappa shape index (κ2) is 7.31. The zero-order valence-corrected chi connectivity index (χ0v) is 14.0. The summed E-state index contributed by atoms with van der Waals surface area (Å²) < 4.78 is 17.5. The first-order valence-electron chi connectivity index (χ1n) is 7.29. The van der Waals surface area contributed by atoms with E-state index in [-0.39, 0.29) is 11.7 Å². The number of benzene rings is 2. The zero-order valence-electron chi connectivity index (χ0n) is 13.2. The molecular weight excluding hydrogens is 343 g/mol. The maximum atomic E-state index is 12.9. The van der Waals surface area contributed by atoms with Gasteiger partial charge < -0.3 is 10.1 Å². The highest BCUT2D eigenvalue weighted by Gasteiger charge is 2.23. The molecule has 0 bridgehead atoms. The van der Waals surface area contributed by atoms with Gasteiger partial charge in [0.05, 0.1) is 23.3 Å². The highest BCUT2D eigenvalue weighted by molar-refractivity contribution is 8.18. The Labute approximate surface area is 147 Å². The number of nitrogens with one attached hydrogen (secondary N) is 1. The highest BCUT2D eigenvalue weighted by Crippen LogP contribution is 2.28. The molecule has 1 aliphatic rings. The number of amides is 1. The van der Waals surface area contributed by atoms with Crippen LogP contribution in [0.15, 0.2) is 58.4 Å². The zero-order chi connectivity index (χ0) is 17.8. The molecule has 0 aliphatic carbocycles. The molecule has 0 unspecified atom stereocenters. The van der Waals surface area contributed by atoms with Crippen molar-refractivity contribution >= 4 is 40.6 Å². The number of carbonyl (C=O) groups excluding carboxylic acids is 2. The molecule has 3 rings (SSSR count). The molecule has 0 radical (unpaired) electrons. The lowest BCUT2D eigenvalue weighted by Crippen LogP contribution is -2.19. The summed E-state index contributed by atoms with van der Waals surface area (Å²) in [5, 5.41) is 3.09. The molecule has 1 saturated heterocycles. The van der Waals surface area contributed by atoms with Gasteiger partial charge in [-0.1, -0.05) is 12.1 Å². The van der Waals surface area contributed by atoms with Crippen molar-refractivity contribution in [3.8, 4) is 0 Å². The van der Waals surface area contributed by atoms with Gasteiger partial charge in [0, 0.05) is 0 Å². The summed E-state index contributed by atoms with van der Waals surface area (Å²) in [5.74, 6) is -1.02. The second-order valence-corrected chi connectivity index (χ2v) is 6.10. The minimum Gasteiger partial charge on any atom is -0.465 e. The van der Waals surface area contributed by atoms with Crippen molar-refractivity contribution in [1.29, 1.82) is 0 Å². The highest BCUT2D eigenvalue weighted by atomic mass is 32.2. The van der Waals surface area contributed by atoms with Crippen LogP contribution >= 0.6 is 11.8 Å². The smallest absolute Gasteiger partial charge is 0.337 e. The van der Waals surface area contributed by atoms with E-state index in [9.17, 15) is 14.0 Å². The first kappa shape index (κ1) is 16.9. The van der Waals surface area contributed by atoms with Crippen LogP contribution in [-0.4, -0.2) is 24.2 Å². The van der Waals surface area contributed by atoms with Crippen molar-refractivity contribution in [3.63, 3.8) is 0 Å². The minimum absolute atomic E-state index is 0.261. The Morgan fingerprint density at radius 3 is 2.48 bits per heavy atom. The predicted octanol–water partition coefficient (Wildman–Crippen LogP) is 3.50. The van der Waals surface area contributed by atoms with Crippen LogP contribution in [0, 0.1) is 5.82 Å². The number of carbonyl (C=O) groups is 2. The number of aliphatic imine (C=N–C) groups is 1. The lowest BCUT2D eigenvalue weighted by Gasteiger charge is -1.99. The monoisotopic (exact) mass is 356 g/mol. The van der Waals surface area contributed by atoms with Gasteiger partial charge in [0.1, 0.15) is 5.82 Å². The van der Waals surface area contributed by atoms with Gasteiger partial charge in [0.2, 0.25) is 0 Å². The van der Waals surface area contributed by atoms with Crippen LogP contribution in [0.25, 0.3) is 6.08 Å². The number of amidine groups is 1. The van der Waals surface area contributed by atoms with Crippen molar-refractivity contribution in [3.05, 3.63) is 70.4 Å². The van der Waals surface area contributed by atoms with Crippen LogP contribution < -0.4 is 5.32 Å². The van der Waals surface area contributed by atoms with Gasteiger partial charge in [0.15, 0.2) is 5.17 Å². The van der Waals surface area contributed by atoms with Gasteiger partial charge in [-0.2, -0.15) is 0 Å². The molecule has 1 heterocycles. The van der Waals surface area contributed by atoms with Crippen molar-refractivity contribution in [2.24, 2.45) is 4.99 Å². The van der Waals surface area contributed by atoms with Crippen molar-refractivity contribution in [2.45, 2.75) is 0 Å². The first-order valence-corrected chi connectivity index (χ1v) is 8.10. The van der Waals surface area contributed by atoms with Crippen LogP contribution in [0.4, 0.5) is 10.1 Å². The van der Waals surface area contributed by atoms with Gasteiger partial charge in [-0.3, -0.25) is 4.79 Å². The summed E-state index contributed by atoms with van der Waals surface area (Å²) in [6.07, 6.45) is 1.70. The predicted molar refractivity (Wildman–Crippen MR) is 95.0 cm³/mol. The number of hydrogen-bond acceptors (Lipinski definition) is 5. The molecule has 1 N–H and O–H groups in total. The molecule has 0 atom stereocenters. The molecule has 126 valence electrons. The summed E-state index contributed by atoms with van der Waals surface area (Å²) in [4.78, 5) is 28.2. The Hall–Kier alpha value is -2.93. The van der Waals surface area contributed by atoms with Crippen LogP contribution in [-0.2, 0) is 9.53 Å². The average molecular weight is 356 g/mol. The van der Waals surface area contributed by atoms with Crippen molar-refractivity contribution < 1.29 is 18.7 Å². The number of hydrogen-bond donors (Lipinski definition) is 1. The third-order valence-electron chi connectivity index (χ3n) is 3.34. The molecule has 5 nitrogen and oxygen atoms in total. The Morgan fingerprint density at radius 1 is 1.16 bits per heavy atom. The summed E-state index contributed by atoms with van der Waals surface area (Å²) in [5.41, 5.74) is 1.76. The number of nitrogens with zero attached hydrogens (tertiary/aromatic N) is 1. The van der Waals surface area contributed by atoms with Gasteiger partial charge in [-0.25, -0.2) is 14.2 Å². The van der Waals surface area contributed by atoms with E-state index in [0.717, 1.165) is 5.56 Å². The van der Waals surface area contributed by atoms with E-state index in [0.29, 0.717) is 21.3 Å². The van der Waals surface area contributed by atoms with Crippen molar-refractivity contribution in [2.75, 3.05) is 7.11 Å². The fourth-order valence-electron chi connectivity index (χ4n) is 2.10. The summed E-state index contributed by atoms with van der Waals surface area (Å²) in [6.45, 7) is 0. The van der Waals surface area contributed by atoms with Crippen LogP contribution in [0.3, 0.4) is 0 Å². The van der Waals surface area contributed by atoms with Crippen LogP contribution in [0.1, 0.15) is 15.9 Å². The molecule has 1 aliphatic heterocycles. The number of thioether (sulfide) groups is 1. The fourth-order valence-corrected chi connectivity index (χ4v) is 2.94. The molecule has 2 aromatic carbocycles. The molecule has 1 fully saturated rings. The molecule has 0 saturated carbocycles. The summed E-state index contributed by atoms with van der Waals surface area (Å²) in [6, 6.07) is 12.4. The lowest BCUT2D eigenvalue weighted by molar-refractivity contribution is -0.115. The Bertz CT molecular complexity index is 874. The standard InChI is InChI=1S/C18H13FN2O3S/c1-24-17(23)12-4-2-11(3-5-12)10-15-16(22)21-18(25-15)20-14-8-6-13(19)7-9-14/h2-10H,1H3,(H,20,21,22)/b15-10-. The Morgan fingerprint density at radius 2 is 1.84 bits per heavy atom. The molecule has 0 spiro atoms. The van der Waals surface area contributed by atoms with Crippen LogP contribution in [0.2, 0.25) is 0 Å².